The molecule has 23 heavy (non-hydrogen) atoms. The number of ketones is 1. The van der Waals surface area contributed by atoms with Crippen LogP contribution in [0.5, 0.6) is 0 Å². The van der Waals surface area contributed by atoms with Gasteiger partial charge < -0.3 is 4.42 Å². The number of carbonyl (C=O) groups is 1. The molecule has 0 radical (unpaired) electrons. The van der Waals surface area contributed by atoms with Gasteiger partial charge in [0.15, 0.2) is 5.52 Å². The van der Waals surface area contributed by atoms with Gasteiger partial charge in [0.2, 0.25) is 5.78 Å². The highest BCUT2D eigenvalue weighted by Gasteiger charge is 2.20. The largest absolute Gasteiger partial charge is 0.421 e. The van der Waals surface area contributed by atoms with Crippen molar-refractivity contribution in [1.82, 2.24) is 10.2 Å². The molecule has 0 bridgehead atoms. The van der Waals surface area contributed by atoms with Crippen LogP contribution in [0.15, 0.2) is 57.7 Å². The fraction of sp³-hybridized carbons (Fsp3) is 0. The van der Waals surface area contributed by atoms with E-state index in [1.54, 1.807) is 42.5 Å². The van der Waals surface area contributed by atoms with E-state index < -0.39 is 5.63 Å². The molecule has 4 rings (SSSR count). The third kappa shape index (κ3) is 2.13. The minimum Gasteiger partial charge on any atom is -0.421 e. The Labute approximate surface area is 134 Å². The maximum Gasteiger partial charge on any atom is 0.362 e. The molecule has 0 atom stereocenters. The molecule has 0 unspecified atom stereocenters. The van der Waals surface area contributed by atoms with Crippen LogP contribution in [0.1, 0.15) is 16.1 Å². The first-order valence-electron chi connectivity index (χ1n) is 6.85. The standard InChI is InChI=1S/C17H9ClN2O3/c18-10-7-5-9(6-8-10)16(21)14-13-11-3-1-2-4-12(11)23-17(22)15(13)20-19-14/h1-8H,(H,19,20). The van der Waals surface area contributed by atoms with Crippen LogP contribution in [-0.4, -0.2) is 16.0 Å². The van der Waals surface area contributed by atoms with Crippen LogP contribution in [0.4, 0.5) is 0 Å². The Balaban J connectivity index is 2.02. The molecule has 0 aliphatic rings. The SMILES string of the molecule is O=C(c1ccc(Cl)cc1)c1n[nH]c2c(=O)oc3ccccc3c12. The number of nitrogens with one attached hydrogen (secondary N) is 1. The summed E-state index contributed by atoms with van der Waals surface area (Å²) in [6.07, 6.45) is 0. The van der Waals surface area contributed by atoms with Crippen LogP contribution in [-0.2, 0) is 0 Å². The van der Waals surface area contributed by atoms with Crippen molar-refractivity contribution in [3.05, 3.63) is 75.2 Å². The van der Waals surface area contributed by atoms with Crippen molar-refractivity contribution in [3.63, 3.8) is 0 Å². The Morgan fingerprint density at radius 2 is 1.83 bits per heavy atom. The number of H-pyrrole nitrogens is 1. The molecule has 4 aromatic rings. The Hall–Kier alpha value is -2.92. The normalized spacial score (nSPS) is 11.2. The highest BCUT2D eigenvalue weighted by molar-refractivity contribution is 6.30. The number of hydrogen-bond donors (Lipinski definition) is 1. The summed E-state index contributed by atoms with van der Waals surface area (Å²) in [6.45, 7) is 0. The summed E-state index contributed by atoms with van der Waals surface area (Å²) in [5.41, 5.74) is 0.672. The van der Waals surface area contributed by atoms with Crippen molar-refractivity contribution in [2.24, 2.45) is 0 Å². The average Bonchev–Trinajstić information content (AvgIpc) is 3.01. The van der Waals surface area contributed by atoms with Crippen molar-refractivity contribution in [1.29, 1.82) is 0 Å². The minimum absolute atomic E-state index is 0.181. The number of para-hydroxylation sites is 1. The molecule has 2 aromatic carbocycles. The van der Waals surface area contributed by atoms with E-state index in [1.165, 1.54) is 0 Å². The summed E-state index contributed by atoms with van der Waals surface area (Å²) in [7, 11) is 0. The second-order valence-corrected chi connectivity index (χ2v) is 5.48. The molecule has 0 amide bonds. The number of fused-ring (bicyclic) bond motifs is 3. The summed E-state index contributed by atoms with van der Waals surface area (Å²) in [5.74, 6) is -0.288. The minimum atomic E-state index is -0.554. The molecule has 0 saturated carbocycles. The van der Waals surface area contributed by atoms with Gasteiger partial charge in [-0.25, -0.2) is 4.79 Å². The summed E-state index contributed by atoms with van der Waals surface area (Å²) in [4.78, 5) is 24.8. The predicted octanol–water partition coefficient (Wildman–Crippen LogP) is 3.55. The lowest BCUT2D eigenvalue weighted by Gasteiger charge is -2.01. The number of carbonyl (C=O) groups excluding carboxylic acids is 1. The molecule has 6 heteroatoms. The van der Waals surface area contributed by atoms with Gasteiger partial charge in [-0.3, -0.25) is 9.89 Å². The maximum atomic E-state index is 12.7. The zero-order valence-corrected chi connectivity index (χ0v) is 12.4. The summed E-state index contributed by atoms with van der Waals surface area (Å²) in [5, 5.41) is 8.32. The first-order chi connectivity index (χ1) is 11.1. The van der Waals surface area contributed by atoms with E-state index in [-0.39, 0.29) is 17.0 Å². The van der Waals surface area contributed by atoms with Gasteiger partial charge in [0.1, 0.15) is 11.3 Å². The summed E-state index contributed by atoms with van der Waals surface area (Å²) in [6, 6.07) is 13.6. The highest BCUT2D eigenvalue weighted by atomic mass is 35.5. The molecule has 5 nitrogen and oxygen atoms in total. The van der Waals surface area contributed by atoms with E-state index in [9.17, 15) is 9.59 Å². The molecule has 0 spiro atoms. The van der Waals surface area contributed by atoms with Crippen LogP contribution >= 0.6 is 11.6 Å². The van der Waals surface area contributed by atoms with Gasteiger partial charge in [-0.15, -0.1) is 0 Å². The fourth-order valence-electron chi connectivity index (χ4n) is 2.57. The lowest BCUT2D eigenvalue weighted by Crippen LogP contribution is -2.03. The number of hydrogen-bond acceptors (Lipinski definition) is 4. The van der Waals surface area contributed by atoms with E-state index in [1.807, 2.05) is 6.07 Å². The second-order valence-electron chi connectivity index (χ2n) is 5.04. The van der Waals surface area contributed by atoms with Gasteiger partial charge in [0.05, 0.1) is 0 Å². The van der Waals surface area contributed by atoms with Gasteiger partial charge >= 0.3 is 5.63 Å². The molecule has 0 aliphatic carbocycles. The first-order valence-corrected chi connectivity index (χ1v) is 7.23. The van der Waals surface area contributed by atoms with E-state index in [0.29, 0.717) is 26.9 Å². The van der Waals surface area contributed by atoms with Gasteiger partial charge in [0, 0.05) is 21.4 Å². The van der Waals surface area contributed by atoms with Crippen LogP contribution < -0.4 is 5.63 Å². The number of aromatic amines is 1. The quantitative estimate of drug-likeness (QED) is 0.452. The van der Waals surface area contributed by atoms with Crippen LogP contribution in [0.3, 0.4) is 0 Å². The van der Waals surface area contributed by atoms with E-state index in [0.717, 1.165) is 0 Å². The smallest absolute Gasteiger partial charge is 0.362 e. The summed E-state index contributed by atoms with van der Waals surface area (Å²) >= 11 is 5.85. The lowest BCUT2D eigenvalue weighted by atomic mass is 10.0. The molecule has 112 valence electrons. The van der Waals surface area contributed by atoms with E-state index in [4.69, 9.17) is 16.0 Å². The number of nitrogens with zero attached hydrogens (tertiary/aromatic N) is 1. The average molecular weight is 325 g/mol. The first kappa shape index (κ1) is 13.7. The Kier molecular flexibility index (Phi) is 3.02. The molecule has 0 aliphatic heterocycles. The van der Waals surface area contributed by atoms with Crippen molar-refractivity contribution in [2.75, 3.05) is 0 Å². The number of rotatable bonds is 2. The lowest BCUT2D eigenvalue weighted by molar-refractivity contribution is 0.103. The number of benzene rings is 2. The van der Waals surface area contributed by atoms with Gasteiger partial charge in [-0.05, 0) is 30.3 Å². The summed E-state index contributed by atoms with van der Waals surface area (Å²) < 4.78 is 5.23. The third-order valence-corrected chi connectivity index (χ3v) is 3.90. The fourth-order valence-corrected chi connectivity index (χ4v) is 2.69. The van der Waals surface area contributed by atoms with E-state index >= 15 is 0 Å². The number of aromatic nitrogens is 2. The Morgan fingerprint density at radius 1 is 1.09 bits per heavy atom. The van der Waals surface area contributed by atoms with Gasteiger partial charge in [-0.1, -0.05) is 29.8 Å². The molecular formula is C17H9ClN2O3. The topological polar surface area (TPSA) is 76.0 Å². The zero-order chi connectivity index (χ0) is 16.0. The van der Waals surface area contributed by atoms with Gasteiger partial charge in [0.25, 0.3) is 0 Å². The van der Waals surface area contributed by atoms with Crippen molar-refractivity contribution in [3.8, 4) is 0 Å². The van der Waals surface area contributed by atoms with Crippen molar-refractivity contribution in [2.45, 2.75) is 0 Å². The predicted molar refractivity (Wildman–Crippen MR) is 87.0 cm³/mol. The highest BCUT2D eigenvalue weighted by Crippen LogP contribution is 2.26. The number of halogens is 1. The van der Waals surface area contributed by atoms with Crippen LogP contribution in [0.25, 0.3) is 21.9 Å². The second kappa shape index (κ2) is 5.07. The molecule has 2 aromatic heterocycles. The van der Waals surface area contributed by atoms with Crippen LogP contribution in [0.2, 0.25) is 5.02 Å². The van der Waals surface area contributed by atoms with E-state index in [2.05, 4.69) is 10.2 Å². The Morgan fingerprint density at radius 3 is 2.61 bits per heavy atom. The molecule has 1 N–H and O–H groups in total. The van der Waals surface area contributed by atoms with Crippen molar-refractivity contribution < 1.29 is 9.21 Å². The Bertz CT molecular complexity index is 1110. The monoisotopic (exact) mass is 324 g/mol. The molecule has 0 fully saturated rings. The molecule has 2 heterocycles. The third-order valence-electron chi connectivity index (χ3n) is 3.65. The van der Waals surface area contributed by atoms with Crippen molar-refractivity contribution >= 4 is 39.3 Å². The zero-order valence-electron chi connectivity index (χ0n) is 11.7. The molecular weight excluding hydrogens is 316 g/mol. The van der Waals surface area contributed by atoms with Gasteiger partial charge in [-0.2, -0.15) is 5.10 Å². The van der Waals surface area contributed by atoms with Crippen LogP contribution in [0, 0.1) is 0 Å². The molecule has 0 saturated heterocycles. The maximum absolute atomic E-state index is 12.7.